The van der Waals surface area contributed by atoms with E-state index >= 15 is 0 Å². The van der Waals surface area contributed by atoms with Crippen molar-refractivity contribution in [1.82, 2.24) is 5.32 Å². The van der Waals surface area contributed by atoms with Crippen molar-refractivity contribution in [2.45, 2.75) is 24.8 Å². The normalized spacial score (nSPS) is 11.5. The van der Waals surface area contributed by atoms with Gasteiger partial charge in [0.2, 0.25) is 15.9 Å². The summed E-state index contributed by atoms with van der Waals surface area (Å²) in [5.74, 6) is 0.559. The van der Waals surface area contributed by atoms with Gasteiger partial charge in [0.25, 0.3) is 0 Å². The van der Waals surface area contributed by atoms with Crippen LogP contribution in [0, 0.1) is 0 Å². The van der Waals surface area contributed by atoms with Gasteiger partial charge < -0.3 is 10.1 Å². The summed E-state index contributed by atoms with van der Waals surface area (Å²) in [6.45, 7) is 3.01. The van der Waals surface area contributed by atoms with Gasteiger partial charge in [0, 0.05) is 12.6 Å². The van der Waals surface area contributed by atoms with Crippen LogP contribution < -0.4 is 15.2 Å². The lowest BCUT2D eigenvalue weighted by atomic mass is 10.2. The summed E-state index contributed by atoms with van der Waals surface area (Å²) < 4.78 is 27.9. The first-order chi connectivity index (χ1) is 12.4. The van der Waals surface area contributed by atoms with E-state index in [2.05, 4.69) is 5.32 Å². The van der Waals surface area contributed by atoms with Crippen LogP contribution in [0.15, 0.2) is 59.5 Å². The predicted octanol–water partition coefficient (Wildman–Crippen LogP) is 2.45. The Kier molecular flexibility index (Phi) is 6.94. The van der Waals surface area contributed by atoms with Crippen molar-refractivity contribution in [2.24, 2.45) is 5.14 Å². The van der Waals surface area contributed by atoms with E-state index in [0.29, 0.717) is 6.61 Å². The van der Waals surface area contributed by atoms with Crippen molar-refractivity contribution in [3.63, 3.8) is 0 Å². The minimum atomic E-state index is -3.71. The highest BCUT2D eigenvalue weighted by Crippen LogP contribution is 2.13. The fraction of sp³-hybridized carbons (Fsp3) is 0.211. The van der Waals surface area contributed by atoms with E-state index in [1.54, 1.807) is 18.2 Å². The van der Waals surface area contributed by atoms with Gasteiger partial charge in [0.15, 0.2) is 0 Å². The molecule has 7 heteroatoms. The monoisotopic (exact) mass is 374 g/mol. The molecule has 0 bridgehead atoms. The molecule has 0 saturated carbocycles. The molecule has 0 aliphatic carbocycles. The molecule has 0 aliphatic heterocycles. The largest absolute Gasteiger partial charge is 0.494 e. The number of carbonyl (C=O) groups excluding carboxylic acids is 1. The SMILES string of the molecule is CCCOc1ccc(/C=C/C(=O)NCc2ccc(S(N)(=O)=O)cc2)cc1. The van der Waals surface area contributed by atoms with E-state index in [9.17, 15) is 13.2 Å². The summed E-state index contributed by atoms with van der Waals surface area (Å²) in [4.78, 5) is 11.9. The zero-order valence-electron chi connectivity index (χ0n) is 14.5. The fourth-order valence-corrected chi connectivity index (χ4v) is 2.63. The smallest absolute Gasteiger partial charge is 0.244 e. The van der Waals surface area contributed by atoms with Crippen molar-refractivity contribution >= 4 is 22.0 Å². The van der Waals surface area contributed by atoms with Gasteiger partial charge in [-0.2, -0.15) is 0 Å². The summed E-state index contributed by atoms with van der Waals surface area (Å²) in [6.07, 6.45) is 4.11. The van der Waals surface area contributed by atoms with E-state index < -0.39 is 10.0 Å². The second-order valence-corrected chi connectivity index (χ2v) is 7.22. The standard InChI is InChI=1S/C19H22N2O4S/c1-2-13-25-17-8-3-15(4-9-17)7-12-19(22)21-14-16-5-10-18(11-6-16)26(20,23)24/h3-12H,2,13-14H2,1H3,(H,21,22)(H2,20,23,24)/b12-7+. The van der Waals surface area contributed by atoms with Crippen LogP contribution in [-0.2, 0) is 21.4 Å². The Morgan fingerprint density at radius 3 is 2.35 bits per heavy atom. The first kappa shape index (κ1) is 19.7. The van der Waals surface area contributed by atoms with E-state index in [-0.39, 0.29) is 17.3 Å². The lowest BCUT2D eigenvalue weighted by molar-refractivity contribution is -0.116. The molecule has 138 valence electrons. The quantitative estimate of drug-likeness (QED) is 0.693. The lowest BCUT2D eigenvalue weighted by Gasteiger charge is -2.05. The Labute approximate surface area is 153 Å². The Balaban J connectivity index is 1.85. The molecule has 0 spiro atoms. The number of amides is 1. The van der Waals surface area contributed by atoms with E-state index in [1.807, 2.05) is 31.2 Å². The number of benzene rings is 2. The third-order valence-electron chi connectivity index (χ3n) is 3.50. The van der Waals surface area contributed by atoms with Crippen LogP contribution >= 0.6 is 0 Å². The number of carbonyl (C=O) groups is 1. The minimum absolute atomic E-state index is 0.0406. The molecule has 0 aliphatic rings. The van der Waals surface area contributed by atoms with Crippen molar-refractivity contribution in [2.75, 3.05) is 6.61 Å². The lowest BCUT2D eigenvalue weighted by Crippen LogP contribution is -2.20. The summed E-state index contributed by atoms with van der Waals surface area (Å²) >= 11 is 0. The highest BCUT2D eigenvalue weighted by molar-refractivity contribution is 7.89. The van der Waals surface area contributed by atoms with Gasteiger partial charge >= 0.3 is 0 Å². The topological polar surface area (TPSA) is 98.5 Å². The molecule has 1 amide bonds. The molecule has 0 unspecified atom stereocenters. The molecule has 0 radical (unpaired) electrons. The van der Waals surface area contributed by atoms with Gasteiger partial charge in [0.05, 0.1) is 11.5 Å². The number of sulfonamides is 1. The predicted molar refractivity (Wildman–Crippen MR) is 101 cm³/mol. The maximum Gasteiger partial charge on any atom is 0.244 e. The molecule has 2 aromatic carbocycles. The second kappa shape index (κ2) is 9.17. The number of primary sulfonamides is 1. The van der Waals surface area contributed by atoms with Crippen LogP contribution in [0.4, 0.5) is 0 Å². The van der Waals surface area contributed by atoms with Crippen molar-refractivity contribution in [1.29, 1.82) is 0 Å². The summed E-state index contributed by atoms with van der Waals surface area (Å²) in [7, 11) is -3.71. The van der Waals surface area contributed by atoms with E-state index in [1.165, 1.54) is 18.2 Å². The Bertz CT molecular complexity index is 857. The Morgan fingerprint density at radius 1 is 1.12 bits per heavy atom. The van der Waals surface area contributed by atoms with Gasteiger partial charge in [0.1, 0.15) is 5.75 Å². The Hall–Kier alpha value is -2.64. The van der Waals surface area contributed by atoms with Gasteiger partial charge in [-0.05, 0) is 47.9 Å². The van der Waals surface area contributed by atoms with Gasteiger partial charge in [-0.25, -0.2) is 13.6 Å². The molecule has 0 heterocycles. The zero-order valence-corrected chi connectivity index (χ0v) is 15.3. The van der Waals surface area contributed by atoms with Crippen LogP contribution in [0.5, 0.6) is 5.75 Å². The molecule has 3 N–H and O–H groups in total. The molecule has 26 heavy (non-hydrogen) atoms. The highest BCUT2D eigenvalue weighted by atomic mass is 32.2. The molecule has 2 rings (SSSR count). The molecule has 0 atom stereocenters. The van der Waals surface area contributed by atoms with E-state index in [4.69, 9.17) is 9.88 Å². The molecular weight excluding hydrogens is 352 g/mol. The van der Waals surface area contributed by atoms with Crippen LogP contribution in [0.1, 0.15) is 24.5 Å². The molecular formula is C19H22N2O4S. The number of ether oxygens (including phenoxy) is 1. The van der Waals surface area contributed by atoms with Gasteiger partial charge in [-0.1, -0.05) is 31.2 Å². The van der Waals surface area contributed by atoms with Crippen molar-refractivity contribution < 1.29 is 17.9 Å². The molecule has 2 aromatic rings. The number of nitrogens with two attached hydrogens (primary N) is 1. The molecule has 0 fully saturated rings. The van der Waals surface area contributed by atoms with Crippen molar-refractivity contribution in [3.05, 3.63) is 65.7 Å². The van der Waals surface area contributed by atoms with Crippen LogP contribution in [0.3, 0.4) is 0 Å². The number of nitrogens with one attached hydrogen (secondary N) is 1. The summed E-state index contributed by atoms with van der Waals surface area (Å²) in [6, 6.07) is 13.5. The average molecular weight is 374 g/mol. The first-order valence-electron chi connectivity index (χ1n) is 8.19. The van der Waals surface area contributed by atoms with Crippen molar-refractivity contribution in [3.8, 4) is 5.75 Å². The number of rotatable bonds is 8. The third kappa shape index (κ3) is 6.34. The fourth-order valence-electron chi connectivity index (χ4n) is 2.11. The van der Waals surface area contributed by atoms with Gasteiger partial charge in [-0.15, -0.1) is 0 Å². The van der Waals surface area contributed by atoms with Crippen LogP contribution in [0.25, 0.3) is 6.08 Å². The maximum atomic E-state index is 11.9. The molecule has 0 saturated heterocycles. The summed E-state index contributed by atoms with van der Waals surface area (Å²) in [5.41, 5.74) is 1.66. The summed E-state index contributed by atoms with van der Waals surface area (Å²) in [5, 5.41) is 7.78. The second-order valence-electron chi connectivity index (χ2n) is 5.66. The van der Waals surface area contributed by atoms with E-state index in [0.717, 1.165) is 23.3 Å². The third-order valence-corrected chi connectivity index (χ3v) is 4.43. The van der Waals surface area contributed by atoms with Crippen LogP contribution in [0.2, 0.25) is 0 Å². The molecule has 6 nitrogen and oxygen atoms in total. The Morgan fingerprint density at radius 2 is 1.77 bits per heavy atom. The van der Waals surface area contributed by atoms with Crippen LogP contribution in [-0.4, -0.2) is 20.9 Å². The number of hydrogen-bond donors (Lipinski definition) is 2. The van der Waals surface area contributed by atoms with Gasteiger partial charge in [-0.3, -0.25) is 4.79 Å². The zero-order chi connectivity index (χ0) is 19.0. The maximum absolute atomic E-state index is 11.9. The highest BCUT2D eigenvalue weighted by Gasteiger charge is 2.06. The minimum Gasteiger partial charge on any atom is -0.494 e. The molecule has 0 aromatic heterocycles. The first-order valence-corrected chi connectivity index (χ1v) is 9.73. The number of hydrogen-bond acceptors (Lipinski definition) is 4. The average Bonchev–Trinajstić information content (AvgIpc) is 2.63.